The van der Waals surface area contributed by atoms with Gasteiger partial charge in [-0.3, -0.25) is 10.1 Å². The number of hydrogen-bond acceptors (Lipinski definition) is 4. The maximum absolute atomic E-state index is 10.7. The van der Waals surface area contributed by atoms with Crippen molar-refractivity contribution in [2.24, 2.45) is 0 Å². The Morgan fingerprint density at radius 3 is 2.53 bits per heavy atom. The van der Waals surface area contributed by atoms with Crippen molar-refractivity contribution >= 4 is 36.9 Å². The fourth-order valence-electron chi connectivity index (χ4n) is 0.977. The van der Waals surface area contributed by atoms with E-state index in [9.17, 15) is 14.7 Å². The summed E-state index contributed by atoms with van der Waals surface area (Å²) in [6.07, 6.45) is 0. The van der Waals surface area contributed by atoms with E-state index in [2.05, 4.69) is 0 Å². The highest BCUT2D eigenvalue weighted by molar-refractivity contribution is 7.38. The molecule has 0 saturated heterocycles. The molecule has 0 aliphatic carbocycles. The van der Waals surface area contributed by atoms with Gasteiger partial charge in [0.05, 0.1) is 16.0 Å². The summed E-state index contributed by atoms with van der Waals surface area (Å²) < 4.78 is 15.7. The highest BCUT2D eigenvalue weighted by atomic mass is 35.5. The molecule has 0 radical (unpaired) electrons. The summed E-state index contributed by atoms with van der Waals surface area (Å²) in [5.41, 5.74) is -0.383. The zero-order valence-corrected chi connectivity index (χ0v) is 10.9. The first-order chi connectivity index (χ1) is 7.82. The van der Waals surface area contributed by atoms with E-state index in [1.54, 1.807) is 0 Å². The van der Waals surface area contributed by atoms with Crippen molar-refractivity contribution in [3.63, 3.8) is 0 Å². The molecule has 2 unspecified atom stereocenters. The molecule has 0 saturated carbocycles. The van der Waals surface area contributed by atoms with Crippen LogP contribution in [-0.2, 0) is 4.57 Å². The van der Waals surface area contributed by atoms with E-state index < -0.39 is 18.8 Å². The van der Waals surface area contributed by atoms with Crippen LogP contribution in [-0.4, -0.2) is 15.7 Å². The Labute approximate surface area is 107 Å². The van der Waals surface area contributed by atoms with Gasteiger partial charge in [-0.05, 0) is 10.6 Å². The molecule has 17 heavy (non-hydrogen) atoms. The first kappa shape index (κ1) is 14.1. The average molecular weight is 299 g/mol. The third-order valence-electron chi connectivity index (χ3n) is 1.81. The Bertz CT molecular complexity index is 481. The summed E-state index contributed by atoms with van der Waals surface area (Å²) >= 11 is 11.4. The lowest BCUT2D eigenvalue weighted by Gasteiger charge is -2.07. The van der Waals surface area contributed by atoms with Gasteiger partial charge in [0.2, 0.25) is 0 Å². The van der Waals surface area contributed by atoms with Gasteiger partial charge in [0.1, 0.15) is 5.02 Å². The van der Waals surface area contributed by atoms with Crippen molar-refractivity contribution in [3.05, 3.63) is 32.3 Å². The molecule has 0 aliphatic rings. The van der Waals surface area contributed by atoms with Gasteiger partial charge in [0, 0.05) is 6.92 Å². The van der Waals surface area contributed by atoms with Gasteiger partial charge in [0.15, 0.2) is 5.75 Å². The Hall–Kier alpha value is -0.940. The van der Waals surface area contributed by atoms with Crippen LogP contribution in [0.5, 0.6) is 5.75 Å². The molecular formula is C8H7Cl2NO5P+. The predicted molar refractivity (Wildman–Crippen MR) is 63.0 cm³/mol. The molecule has 0 aromatic heterocycles. The number of benzene rings is 1. The van der Waals surface area contributed by atoms with Gasteiger partial charge in [-0.2, -0.15) is 4.89 Å². The second-order valence-corrected chi connectivity index (χ2v) is 5.16. The summed E-state index contributed by atoms with van der Waals surface area (Å²) in [5, 5.41) is 10.5. The van der Waals surface area contributed by atoms with Crippen molar-refractivity contribution in [3.8, 4) is 5.75 Å². The fourth-order valence-corrected chi connectivity index (χ4v) is 1.68. The number of nitro groups is 1. The summed E-state index contributed by atoms with van der Waals surface area (Å²) in [5.74, 6) is -1.09. The molecule has 0 fully saturated rings. The van der Waals surface area contributed by atoms with Crippen LogP contribution in [0.15, 0.2) is 12.1 Å². The van der Waals surface area contributed by atoms with Crippen LogP contribution in [0.25, 0.3) is 0 Å². The van der Waals surface area contributed by atoms with Crippen LogP contribution >= 0.6 is 31.2 Å². The largest absolute Gasteiger partial charge is 0.550 e. The highest BCUT2D eigenvalue weighted by Crippen LogP contribution is 2.37. The molecule has 0 heterocycles. The van der Waals surface area contributed by atoms with E-state index in [1.807, 2.05) is 0 Å². The maximum Gasteiger partial charge on any atom is 0.550 e. The molecule has 1 aromatic carbocycles. The van der Waals surface area contributed by atoms with Crippen LogP contribution in [0.1, 0.15) is 6.92 Å². The molecule has 2 atom stereocenters. The van der Waals surface area contributed by atoms with Crippen LogP contribution in [0.3, 0.4) is 0 Å². The number of nitro benzene ring substituents is 1. The third-order valence-corrected chi connectivity index (χ3v) is 3.13. The second-order valence-electron chi connectivity index (χ2n) is 3.01. The second kappa shape index (κ2) is 5.60. The molecule has 1 rings (SSSR count). The molecule has 1 aromatic rings. The Morgan fingerprint density at radius 1 is 1.47 bits per heavy atom. The van der Waals surface area contributed by atoms with Gasteiger partial charge in [0.25, 0.3) is 5.69 Å². The normalized spacial score (nSPS) is 13.1. The van der Waals surface area contributed by atoms with Crippen LogP contribution in [0.4, 0.5) is 5.69 Å². The lowest BCUT2D eigenvalue weighted by molar-refractivity contribution is -0.384. The topological polar surface area (TPSA) is 89.7 Å². The van der Waals surface area contributed by atoms with E-state index >= 15 is 0 Å². The number of hydrogen-bond donors (Lipinski definition) is 1. The number of rotatable bonds is 4. The van der Waals surface area contributed by atoms with Crippen molar-refractivity contribution < 1.29 is 19.1 Å². The molecule has 0 aliphatic heterocycles. The lowest BCUT2D eigenvalue weighted by Crippen LogP contribution is -2.07. The van der Waals surface area contributed by atoms with Gasteiger partial charge < -0.3 is 4.74 Å². The van der Waals surface area contributed by atoms with Crippen LogP contribution in [0.2, 0.25) is 10.0 Å². The zero-order chi connectivity index (χ0) is 13.2. The summed E-state index contributed by atoms with van der Waals surface area (Å²) in [6, 6.07) is 2.16. The maximum atomic E-state index is 10.7. The van der Waals surface area contributed by atoms with E-state index in [-0.39, 0.29) is 21.5 Å². The number of ether oxygens (including phenoxy) is 1. The molecule has 0 bridgehead atoms. The first-order valence-corrected chi connectivity index (χ1v) is 6.32. The molecule has 0 amide bonds. The van der Waals surface area contributed by atoms with E-state index in [0.717, 1.165) is 12.1 Å². The molecule has 9 heteroatoms. The highest BCUT2D eigenvalue weighted by Gasteiger charge is 2.27. The molecule has 92 valence electrons. The van der Waals surface area contributed by atoms with E-state index in [4.69, 9.17) is 32.8 Å². The van der Waals surface area contributed by atoms with E-state index in [0.29, 0.717) is 0 Å². The average Bonchev–Trinajstić information content (AvgIpc) is 2.21. The Morgan fingerprint density at radius 2 is 2.06 bits per heavy atom. The Kier molecular flexibility index (Phi) is 4.65. The summed E-state index contributed by atoms with van der Waals surface area (Å²) in [7, 11) is -2.56. The summed E-state index contributed by atoms with van der Waals surface area (Å²) in [6.45, 7) is 1.34. The predicted octanol–water partition coefficient (Wildman–Crippen LogP) is 3.36. The van der Waals surface area contributed by atoms with Crippen LogP contribution in [0, 0.1) is 10.1 Å². The monoisotopic (exact) mass is 298 g/mol. The number of halogens is 2. The van der Waals surface area contributed by atoms with Crippen LogP contribution < -0.4 is 4.74 Å². The summed E-state index contributed by atoms with van der Waals surface area (Å²) in [4.78, 5) is 18.7. The molecular weight excluding hydrogens is 292 g/mol. The van der Waals surface area contributed by atoms with Gasteiger partial charge in [-0.25, -0.2) is 0 Å². The number of nitrogens with zero attached hydrogens (tertiary/aromatic N) is 1. The zero-order valence-electron chi connectivity index (χ0n) is 8.46. The molecule has 1 N–H and O–H groups in total. The molecule has 0 spiro atoms. The SMILES string of the molecule is CC(Oc1cc([N+](=O)[O-])c(Cl)cc1Cl)[P+](=O)O. The van der Waals surface area contributed by atoms with Crippen molar-refractivity contribution in [1.29, 1.82) is 0 Å². The van der Waals surface area contributed by atoms with Gasteiger partial charge in [-0.15, -0.1) is 0 Å². The van der Waals surface area contributed by atoms with Gasteiger partial charge >= 0.3 is 13.9 Å². The standard InChI is InChI=1S/C8H6Cl2NO5P/c1-4(17(14)15)16-8-3-7(11(12)13)5(9)2-6(8)10/h2-4H,1H3/p+1. The van der Waals surface area contributed by atoms with Crippen molar-refractivity contribution in [2.45, 2.75) is 12.8 Å². The molecule has 6 nitrogen and oxygen atoms in total. The quantitative estimate of drug-likeness (QED) is 0.523. The minimum atomic E-state index is -2.56. The smallest absolute Gasteiger partial charge is 0.443 e. The Balaban J connectivity index is 3.12. The minimum Gasteiger partial charge on any atom is -0.443 e. The van der Waals surface area contributed by atoms with Gasteiger partial charge in [-0.1, -0.05) is 23.2 Å². The lowest BCUT2D eigenvalue weighted by atomic mass is 10.3. The fraction of sp³-hybridized carbons (Fsp3) is 0.250. The third kappa shape index (κ3) is 3.51. The van der Waals surface area contributed by atoms with Crippen molar-refractivity contribution in [1.82, 2.24) is 0 Å². The van der Waals surface area contributed by atoms with E-state index in [1.165, 1.54) is 6.92 Å². The first-order valence-electron chi connectivity index (χ1n) is 4.28. The van der Waals surface area contributed by atoms with Crippen molar-refractivity contribution in [2.75, 3.05) is 0 Å². The minimum absolute atomic E-state index is 0.0318.